The number of carbonyl (C=O) groups is 5. The maximum atomic E-state index is 12.9. The molecule has 0 amide bonds. The molecule has 0 heterocycles. The lowest BCUT2D eigenvalue weighted by atomic mass is 10.1. The van der Waals surface area contributed by atoms with Crippen LogP contribution < -0.4 is 5.73 Å². The molecule has 3 atom stereocenters. The Morgan fingerprint density at radius 2 is 0.757 bits per heavy atom. The summed E-state index contributed by atoms with van der Waals surface area (Å²) >= 11 is 0. The molecule has 356 valence electrons. The third kappa shape index (κ3) is 43.1. The topological polar surface area (TPSA) is 161 Å². The molecular weight excluding hydrogens is 933 g/mol. The highest BCUT2D eigenvalue weighted by atomic mass is 16.6. The minimum atomic E-state index is -1.19. The molecule has 0 aromatic carbocycles. The number of esters is 5. The number of hydrogen-bond acceptors (Lipinski definition) is 12. The van der Waals surface area contributed by atoms with E-state index in [1.54, 1.807) is 25.7 Å². The van der Waals surface area contributed by atoms with Gasteiger partial charge in [-0.2, -0.15) is 0 Å². The molecule has 0 spiro atoms. The van der Waals surface area contributed by atoms with Crippen LogP contribution in [0.1, 0.15) is 53.9 Å². The van der Waals surface area contributed by atoms with Crippen LogP contribution in [0.4, 0.5) is 0 Å². The highest BCUT2D eigenvalue weighted by Gasteiger charge is 2.25. The van der Waals surface area contributed by atoms with Gasteiger partial charge in [0, 0.05) is 62.5 Å². The number of nitrogens with two attached hydrogens (primary N) is 1. The summed E-state index contributed by atoms with van der Waals surface area (Å²) in [4.78, 5) is 62.9. The standard InChI is InChI=1S/C62H38N2O10/c1-6-9-11-13-15-17-19-21-23-25-27-29-31-33-35-37-39-41-43-48-60(67)72-54-58(52-64(50-46-45-47-59(63)62(69)70-8-3)51-57(73-56(5)66)53-71-55(4)65)74-61(68)49-44-42-40-38-36-34-32-30-28-26-24-22-20-18-16-14-12-10-7-2/h57-59H,8,45-47,50-54,63H2,1-5H3. The summed E-state index contributed by atoms with van der Waals surface area (Å²) in [5.74, 6) is 94.2. The molecule has 0 fully saturated rings. The van der Waals surface area contributed by atoms with Crippen LogP contribution in [0, 0.1) is 237 Å². The Balaban J connectivity index is 6.25. The van der Waals surface area contributed by atoms with Crippen LogP contribution in [0.25, 0.3) is 0 Å². The lowest BCUT2D eigenvalue weighted by Crippen LogP contribution is -2.44. The Morgan fingerprint density at radius 1 is 0.419 bits per heavy atom. The summed E-state index contributed by atoms with van der Waals surface area (Å²) in [6.07, 6.45) is -0.977. The fourth-order valence-corrected chi connectivity index (χ4v) is 4.27. The van der Waals surface area contributed by atoms with Crippen LogP contribution in [0.3, 0.4) is 0 Å². The van der Waals surface area contributed by atoms with E-state index >= 15 is 0 Å². The maximum absolute atomic E-state index is 12.9. The van der Waals surface area contributed by atoms with E-state index in [-0.39, 0.29) is 39.3 Å². The lowest BCUT2D eigenvalue weighted by molar-refractivity contribution is -0.158. The normalized spacial score (nSPS) is 8.31. The van der Waals surface area contributed by atoms with Gasteiger partial charge in [-0.3, -0.25) is 19.3 Å². The Morgan fingerprint density at radius 3 is 1.11 bits per heavy atom. The molecule has 0 aromatic rings. The minimum Gasteiger partial charge on any atom is -0.465 e. The smallest absolute Gasteiger partial charge is 0.385 e. The first kappa shape index (κ1) is 62.5. The molecule has 3 unspecified atom stereocenters. The summed E-state index contributed by atoms with van der Waals surface area (Å²) in [6.45, 7) is 6.80. The largest absolute Gasteiger partial charge is 0.465 e. The molecule has 0 saturated carbocycles. The molecule has 2 N–H and O–H groups in total. The summed E-state index contributed by atoms with van der Waals surface area (Å²) < 4.78 is 26.3. The molecule has 0 bridgehead atoms. The zero-order chi connectivity index (χ0) is 54.4. The molecule has 12 heteroatoms. The number of rotatable bonds is 17. The molecule has 0 radical (unpaired) electrons. The van der Waals surface area contributed by atoms with Crippen molar-refractivity contribution >= 4 is 29.8 Å². The lowest BCUT2D eigenvalue weighted by Gasteiger charge is -2.30. The summed E-state index contributed by atoms with van der Waals surface area (Å²) in [5, 5.41) is 0. The van der Waals surface area contributed by atoms with Gasteiger partial charge in [0.05, 0.1) is 6.61 Å². The van der Waals surface area contributed by atoms with E-state index in [0.717, 1.165) is 0 Å². The van der Waals surface area contributed by atoms with Crippen molar-refractivity contribution in [3.05, 3.63) is 0 Å². The van der Waals surface area contributed by atoms with Crippen molar-refractivity contribution in [1.82, 2.24) is 4.90 Å². The molecule has 0 aliphatic rings. The van der Waals surface area contributed by atoms with Crippen LogP contribution in [0.15, 0.2) is 0 Å². The van der Waals surface area contributed by atoms with Crippen LogP contribution in [-0.2, 0) is 47.7 Å². The third-order valence-electron chi connectivity index (χ3n) is 6.94. The van der Waals surface area contributed by atoms with Crippen LogP contribution in [-0.4, -0.2) is 92.5 Å². The average Bonchev–Trinajstić information content (AvgIpc) is 3.37. The molecule has 0 rings (SSSR count). The zero-order valence-electron chi connectivity index (χ0n) is 40.7. The Labute approximate surface area is 434 Å². The summed E-state index contributed by atoms with van der Waals surface area (Å²) in [7, 11) is 0. The Kier molecular flexibility index (Phi) is 39.3. The fourth-order valence-electron chi connectivity index (χ4n) is 4.27. The molecule has 0 aliphatic heterocycles. The van der Waals surface area contributed by atoms with Gasteiger partial charge in [-0.15, -0.1) is 0 Å². The predicted molar refractivity (Wildman–Crippen MR) is 275 cm³/mol. The highest BCUT2D eigenvalue weighted by Crippen LogP contribution is 2.09. The van der Waals surface area contributed by atoms with Gasteiger partial charge in [-0.05, 0) is 230 Å². The van der Waals surface area contributed by atoms with Crippen molar-refractivity contribution in [2.45, 2.75) is 72.1 Å². The van der Waals surface area contributed by atoms with Gasteiger partial charge >= 0.3 is 29.8 Å². The van der Waals surface area contributed by atoms with E-state index in [0.29, 0.717) is 12.8 Å². The first-order valence-electron chi connectivity index (χ1n) is 21.2. The van der Waals surface area contributed by atoms with Crippen molar-refractivity contribution in [1.29, 1.82) is 0 Å². The number of carbonyl (C=O) groups excluding carboxylic acids is 5. The van der Waals surface area contributed by atoms with Gasteiger partial charge < -0.3 is 29.4 Å². The monoisotopic (exact) mass is 970 g/mol. The van der Waals surface area contributed by atoms with Gasteiger partial charge in [-0.25, -0.2) is 9.59 Å². The molecule has 0 aliphatic carbocycles. The van der Waals surface area contributed by atoms with Crippen molar-refractivity contribution in [3.63, 3.8) is 0 Å². The van der Waals surface area contributed by atoms with Gasteiger partial charge in [0.25, 0.3) is 0 Å². The number of unbranched alkanes of at least 4 members (excludes halogenated alkanes) is 1. The first-order valence-corrected chi connectivity index (χ1v) is 21.2. The van der Waals surface area contributed by atoms with Gasteiger partial charge in [0.15, 0.2) is 0 Å². The van der Waals surface area contributed by atoms with Crippen molar-refractivity contribution in [2.24, 2.45) is 5.73 Å². The second-order valence-electron chi connectivity index (χ2n) is 12.5. The predicted octanol–water partition coefficient (Wildman–Crippen LogP) is 0.407. The van der Waals surface area contributed by atoms with E-state index in [1.165, 1.54) is 13.8 Å². The highest BCUT2D eigenvalue weighted by molar-refractivity contribution is 5.90. The minimum absolute atomic E-state index is 0.0346. The molecular formula is C62H38N2O10. The molecule has 0 saturated heterocycles. The average molecular weight is 971 g/mol. The van der Waals surface area contributed by atoms with E-state index in [9.17, 15) is 24.0 Å². The fraction of sp³-hybridized carbons (Fsp3) is 0.274. The van der Waals surface area contributed by atoms with Gasteiger partial charge in [-0.1, -0.05) is 18.3 Å². The molecule has 74 heavy (non-hydrogen) atoms. The third-order valence-corrected chi connectivity index (χ3v) is 6.94. The van der Waals surface area contributed by atoms with E-state index < -0.39 is 54.7 Å². The SMILES string of the molecule is CC#CC#CC#CC#CC#CC#CC#CC#CC#CC#CC(=O)OCC(CN(CCCCC(N)C(=O)OCC)CC(COC(C)=O)OC(C)=O)OC(=O)C#CC#CC#CC#CC#CC#CC#CC#CC#CC#CC. The molecule has 0 aromatic heterocycles. The van der Waals surface area contributed by atoms with Gasteiger partial charge in [0.1, 0.15) is 31.5 Å². The molecule has 12 nitrogen and oxygen atoms in total. The second-order valence-corrected chi connectivity index (χ2v) is 12.5. The Hall–Kier alpha value is -11.5. The zero-order valence-corrected chi connectivity index (χ0v) is 40.7. The summed E-state index contributed by atoms with van der Waals surface area (Å²) in [5.41, 5.74) is 5.96. The number of hydrogen-bond donors (Lipinski definition) is 1. The second kappa shape index (κ2) is 46.6. The van der Waals surface area contributed by atoms with Crippen molar-refractivity contribution < 1.29 is 47.7 Å². The van der Waals surface area contributed by atoms with Gasteiger partial charge in [0.2, 0.25) is 0 Å². The van der Waals surface area contributed by atoms with Crippen LogP contribution in [0.5, 0.6) is 0 Å². The van der Waals surface area contributed by atoms with Crippen molar-refractivity contribution in [3.8, 4) is 237 Å². The Bertz CT molecular complexity index is 3470. The van der Waals surface area contributed by atoms with E-state index in [2.05, 4.69) is 237 Å². The van der Waals surface area contributed by atoms with E-state index in [1.807, 2.05) is 0 Å². The quantitative estimate of drug-likeness (QED) is 0.0705. The first-order chi connectivity index (χ1) is 36.0. The number of nitrogens with zero attached hydrogens (tertiary/aromatic N) is 1. The van der Waals surface area contributed by atoms with E-state index in [4.69, 9.17) is 29.4 Å². The van der Waals surface area contributed by atoms with Crippen LogP contribution in [0.2, 0.25) is 0 Å². The summed E-state index contributed by atoms with van der Waals surface area (Å²) in [6, 6.07) is -0.861. The maximum Gasteiger partial charge on any atom is 0.385 e. The number of ether oxygens (including phenoxy) is 5. The van der Waals surface area contributed by atoms with Crippen molar-refractivity contribution in [2.75, 3.05) is 39.5 Å². The van der Waals surface area contributed by atoms with Crippen LogP contribution >= 0.6 is 0 Å².